The maximum Gasteiger partial charge on any atom is 0.328 e. The molecule has 0 amide bonds. The van der Waals surface area contributed by atoms with Crippen LogP contribution in [0.4, 0.5) is 0 Å². The normalized spacial score (nSPS) is 40.9. The van der Waals surface area contributed by atoms with Gasteiger partial charge in [0.15, 0.2) is 0 Å². The topological polar surface area (TPSA) is 57.5 Å². The van der Waals surface area contributed by atoms with E-state index in [4.69, 9.17) is 5.11 Å². The van der Waals surface area contributed by atoms with Crippen molar-refractivity contribution < 1.29 is 15.0 Å². The number of aliphatic carboxylic acids is 1. The van der Waals surface area contributed by atoms with Crippen molar-refractivity contribution in [3.63, 3.8) is 0 Å². The van der Waals surface area contributed by atoms with E-state index in [1.165, 1.54) is 11.6 Å². The van der Waals surface area contributed by atoms with Crippen LogP contribution in [0.5, 0.6) is 0 Å². The highest BCUT2D eigenvalue weighted by molar-refractivity contribution is 5.80. The van der Waals surface area contributed by atoms with Gasteiger partial charge in [-0.3, -0.25) is 0 Å². The summed E-state index contributed by atoms with van der Waals surface area (Å²) in [6, 6.07) is 0. The van der Waals surface area contributed by atoms with Crippen molar-refractivity contribution in [1.29, 1.82) is 0 Å². The monoisotopic (exact) mass is 332 g/mol. The van der Waals surface area contributed by atoms with E-state index in [0.717, 1.165) is 19.3 Å². The second kappa shape index (κ2) is 8.15. The lowest BCUT2D eigenvalue weighted by atomic mass is 9.53. The van der Waals surface area contributed by atoms with Crippen LogP contribution in [0.2, 0.25) is 0 Å². The quantitative estimate of drug-likeness (QED) is 0.454. The Labute approximate surface area is 146 Å². The number of carboxylic acids is 1. The molecule has 0 aromatic rings. The Morgan fingerprint density at radius 3 is 2.46 bits per heavy atom. The van der Waals surface area contributed by atoms with Gasteiger partial charge in [0.05, 0.1) is 6.10 Å². The van der Waals surface area contributed by atoms with Crippen molar-refractivity contribution in [2.45, 2.75) is 53.1 Å². The molecule has 0 bridgehead atoms. The van der Waals surface area contributed by atoms with E-state index < -0.39 is 5.97 Å². The summed E-state index contributed by atoms with van der Waals surface area (Å²) in [6.07, 6.45) is 12.0. The standard InChI is InChI=1S/C21H32O3/c1-5-13(2)20-15(4)12-17-18(22)11-10-14(3)21(17)16(20)8-6-7-9-19(23)24/h5-9,14-18,20-22H,10-12H2,1-4H3,(H,23,24)/b8-6+,9-7+,13-5-/t14-,15-,16?,17-,18-,20?,21-/m0/s1. The average molecular weight is 332 g/mol. The lowest BCUT2D eigenvalue weighted by Crippen LogP contribution is -2.48. The summed E-state index contributed by atoms with van der Waals surface area (Å²) in [7, 11) is 0. The number of allylic oxidation sites excluding steroid dienone is 5. The van der Waals surface area contributed by atoms with E-state index in [9.17, 15) is 9.90 Å². The number of aliphatic hydroxyl groups is 1. The predicted octanol–water partition coefficient (Wildman–Crippen LogP) is 4.45. The molecule has 2 aliphatic carbocycles. The van der Waals surface area contributed by atoms with Gasteiger partial charge in [0, 0.05) is 6.08 Å². The van der Waals surface area contributed by atoms with E-state index >= 15 is 0 Å². The van der Waals surface area contributed by atoms with Crippen LogP contribution in [0.3, 0.4) is 0 Å². The Hall–Kier alpha value is -1.35. The van der Waals surface area contributed by atoms with Gasteiger partial charge in [-0.15, -0.1) is 0 Å². The smallest absolute Gasteiger partial charge is 0.328 e. The SMILES string of the molecule is C/C=C(/C)C1C(/C=C/C=C/C(=O)O)[C@H]2[C@@H](C[C@@H]1C)[C@@H](O)CC[C@@H]2C. The summed E-state index contributed by atoms with van der Waals surface area (Å²) >= 11 is 0. The van der Waals surface area contributed by atoms with Gasteiger partial charge in [-0.25, -0.2) is 4.79 Å². The number of aliphatic hydroxyl groups excluding tert-OH is 1. The fourth-order valence-corrected chi connectivity index (χ4v) is 5.22. The summed E-state index contributed by atoms with van der Waals surface area (Å²) in [5.74, 6) is 1.87. The number of carboxylic acid groups (broad SMARTS) is 1. The Kier molecular flexibility index (Phi) is 6.45. The highest BCUT2D eigenvalue weighted by Gasteiger charge is 2.48. The minimum absolute atomic E-state index is 0.189. The molecule has 0 aliphatic heterocycles. The number of hydrogen-bond acceptors (Lipinski definition) is 2. The lowest BCUT2D eigenvalue weighted by molar-refractivity contribution is -0.131. The van der Waals surface area contributed by atoms with Gasteiger partial charge in [0.1, 0.15) is 0 Å². The van der Waals surface area contributed by atoms with Crippen LogP contribution in [0.25, 0.3) is 0 Å². The zero-order chi connectivity index (χ0) is 17.9. The molecule has 2 N–H and O–H groups in total. The molecule has 2 rings (SSSR count). The molecule has 3 heteroatoms. The summed E-state index contributed by atoms with van der Waals surface area (Å²) < 4.78 is 0. The third-order valence-electron chi connectivity index (χ3n) is 6.34. The fourth-order valence-electron chi connectivity index (χ4n) is 5.22. The summed E-state index contributed by atoms with van der Waals surface area (Å²) in [5, 5.41) is 19.3. The molecule has 0 saturated heterocycles. The first-order chi connectivity index (χ1) is 11.4. The summed E-state index contributed by atoms with van der Waals surface area (Å²) in [6.45, 7) is 8.92. The molecule has 0 spiro atoms. The molecular formula is C21H32O3. The Morgan fingerprint density at radius 2 is 1.83 bits per heavy atom. The predicted molar refractivity (Wildman–Crippen MR) is 97.5 cm³/mol. The van der Waals surface area contributed by atoms with E-state index in [-0.39, 0.29) is 6.10 Å². The fraction of sp³-hybridized carbons (Fsp3) is 0.667. The van der Waals surface area contributed by atoms with Crippen LogP contribution in [-0.2, 0) is 4.79 Å². The van der Waals surface area contributed by atoms with Crippen molar-refractivity contribution in [2.75, 3.05) is 0 Å². The number of carbonyl (C=O) groups is 1. The van der Waals surface area contributed by atoms with Gasteiger partial charge in [-0.1, -0.05) is 43.7 Å². The molecule has 2 unspecified atom stereocenters. The van der Waals surface area contributed by atoms with E-state index in [1.807, 2.05) is 6.08 Å². The van der Waals surface area contributed by atoms with Gasteiger partial charge in [0.25, 0.3) is 0 Å². The molecule has 2 fully saturated rings. The zero-order valence-electron chi connectivity index (χ0n) is 15.4. The minimum atomic E-state index is -0.919. The van der Waals surface area contributed by atoms with E-state index in [1.54, 1.807) is 6.08 Å². The zero-order valence-corrected chi connectivity index (χ0v) is 15.4. The second-order valence-electron chi connectivity index (χ2n) is 7.79. The van der Waals surface area contributed by atoms with Crippen molar-refractivity contribution in [3.05, 3.63) is 36.0 Å². The molecule has 134 valence electrons. The molecule has 0 aromatic carbocycles. The molecule has 2 saturated carbocycles. The van der Waals surface area contributed by atoms with Gasteiger partial charge in [-0.2, -0.15) is 0 Å². The molecule has 0 aromatic heterocycles. The Bertz CT molecular complexity index is 531. The number of fused-ring (bicyclic) bond motifs is 1. The van der Waals surface area contributed by atoms with Gasteiger partial charge < -0.3 is 10.2 Å². The Morgan fingerprint density at radius 1 is 1.12 bits per heavy atom. The first kappa shape index (κ1) is 19.0. The third-order valence-corrected chi connectivity index (χ3v) is 6.34. The second-order valence-corrected chi connectivity index (χ2v) is 7.79. The number of hydrogen-bond donors (Lipinski definition) is 2. The minimum Gasteiger partial charge on any atom is -0.478 e. The van der Waals surface area contributed by atoms with Gasteiger partial charge in [-0.05, 0) is 68.6 Å². The largest absolute Gasteiger partial charge is 0.478 e. The maximum atomic E-state index is 10.7. The molecular weight excluding hydrogens is 300 g/mol. The van der Waals surface area contributed by atoms with Gasteiger partial charge in [0.2, 0.25) is 0 Å². The molecule has 3 nitrogen and oxygen atoms in total. The van der Waals surface area contributed by atoms with Crippen LogP contribution in [0.1, 0.15) is 47.0 Å². The van der Waals surface area contributed by atoms with Crippen molar-refractivity contribution >= 4 is 5.97 Å². The molecule has 0 radical (unpaired) electrons. The Balaban J connectivity index is 2.36. The highest BCUT2D eigenvalue weighted by atomic mass is 16.4. The van der Waals surface area contributed by atoms with E-state index in [0.29, 0.717) is 35.5 Å². The first-order valence-corrected chi connectivity index (χ1v) is 9.25. The average Bonchev–Trinajstić information content (AvgIpc) is 2.53. The van der Waals surface area contributed by atoms with Crippen molar-refractivity contribution in [1.82, 2.24) is 0 Å². The molecule has 7 atom stereocenters. The van der Waals surface area contributed by atoms with Crippen LogP contribution in [-0.4, -0.2) is 22.3 Å². The van der Waals surface area contributed by atoms with Crippen LogP contribution < -0.4 is 0 Å². The van der Waals surface area contributed by atoms with Crippen LogP contribution in [0.15, 0.2) is 36.0 Å². The first-order valence-electron chi connectivity index (χ1n) is 9.25. The molecule has 2 aliphatic rings. The highest BCUT2D eigenvalue weighted by Crippen LogP contribution is 2.53. The maximum absolute atomic E-state index is 10.7. The van der Waals surface area contributed by atoms with E-state index in [2.05, 4.69) is 39.8 Å². The number of rotatable bonds is 4. The molecule has 24 heavy (non-hydrogen) atoms. The lowest BCUT2D eigenvalue weighted by Gasteiger charge is -2.52. The van der Waals surface area contributed by atoms with Crippen molar-refractivity contribution in [3.8, 4) is 0 Å². The van der Waals surface area contributed by atoms with Crippen molar-refractivity contribution in [2.24, 2.45) is 35.5 Å². The third kappa shape index (κ3) is 4.00. The summed E-state index contributed by atoms with van der Waals surface area (Å²) in [4.78, 5) is 10.7. The van der Waals surface area contributed by atoms with Crippen LogP contribution in [0, 0.1) is 35.5 Å². The molecule has 0 heterocycles. The summed E-state index contributed by atoms with van der Waals surface area (Å²) in [5.41, 5.74) is 1.41. The van der Waals surface area contributed by atoms with Gasteiger partial charge >= 0.3 is 5.97 Å². The van der Waals surface area contributed by atoms with Crippen LogP contribution >= 0.6 is 0 Å².